The molecule has 1 aromatic carbocycles. The third kappa shape index (κ3) is 1.93. The normalized spacial score (nSPS) is 16.5. The van der Waals surface area contributed by atoms with Gasteiger partial charge in [0.25, 0.3) is 5.91 Å². The lowest BCUT2D eigenvalue weighted by Gasteiger charge is -2.23. The van der Waals surface area contributed by atoms with Crippen molar-refractivity contribution in [1.29, 1.82) is 5.26 Å². The summed E-state index contributed by atoms with van der Waals surface area (Å²) in [4.78, 5) is 14.0. The standard InChI is InChI=1S/C14H10N4O/c15-7-10-3-1-2-4-12(10)14(19)18-6-5-13-11(9-18)8-16-17-13/h1-4,8-9H,5-6H2. The van der Waals surface area contributed by atoms with E-state index in [1.54, 1.807) is 41.6 Å². The van der Waals surface area contributed by atoms with Gasteiger partial charge in [-0.15, -0.1) is 0 Å². The third-order valence-corrected chi connectivity index (χ3v) is 3.13. The van der Waals surface area contributed by atoms with E-state index in [0.717, 1.165) is 11.3 Å². The second-order valence-corrected chi connectivity index (χ2v) is 4.28. The second-order valence-electron chi connectivity index (χ2n) is 4.28. The molecule has 92 valence electrons. The molecule has 0 unspecified atom stereocenters. The van der Waals surface area contributed by atoms with E-state index in [9.17, 15) is 4.79 Å². The highest BCUT2D eigenvalue weighted by atomic mass is 16.2. The van der Waals surface area contributed by atoms with E-state index in [-0.39, 0.29) is 5.91 Å². The van der Waals surface area contributed by atoms with Crippen molar-refractivity contribution >= 4 is 17.8 Å². The summed E-state index contributed by atoms with van der Waals surface area (Å²) in [5.74, 6) is -0.163. The predicted octanol–water partition coefficient (Wildman–Crippen LogP) is 1.73. The van der Waals surface area contributed by atoms with Crippen LogP contribution in [0.15, 0.2) is 46.2 Å². The first-order chi connectivity index (χ1) is 9.29. The van der Waals surface area contributed by atoms with Crippen LogP contribution in [-0.2, 0) is 0 Å². The lowest BCUT2D eigenvalue weighted by atomic mass is 10.0. The molecule has 3 rings (SSSR count). The lowest BCUT2D eigenvalue weighted by molar-refractivity contribution is 0.0822. The average Bonchev–Trinajstić information content (AvgIpc) is 2.93. The molecule has 0 fully saturated rings. The number of nitriles is 1. The number of fused-ring (bicyclic) bond motifs is 1. The first-order valence-corrected chi connectivity index (χ1v) is 5.92. The van der Waals surface area contributed by atoms with Crippen LogP contribution in [0.1, 0.15) is 22.3 Å². The largest absolute Gasteiger partial charge is 0.314 e. The molecule has 0 radical (unpaired) electrons. The van der Waals surface area contributed by atoms with Crippen LogP contribution in [0.25, 0.3) is 0 Å². The fourth-order valence-corrected chi connectivity index (χ4v) is 2.14. The van der Waals surface area contributed by atoms with Crippen LogP contribution in [0.5, 0.6) is 0 Å². The molecule has 1 aromatic rings. The lowest BCUT2D eigenvalue weighted by Crippen LogP contribution is -2.33. The summed E-state index contributed by atoms with van der Waals surface area (Å²) >= 11 is 0. The van der Waals surface area contributed by atoms with Gasteiger partial charge in [-0.25, -0.2) is 0 Å². The first-order valence-electron chi connectivity index (χ1n) is 5.92. The van der Waals surface area contributed by atoms with Crippen molar-refractivity contribution in [2.75, 3.05) is 6.54 Å². The summed E-state index contributed by atoms with van der Waals surface area (Å²) in [6.07, 6.45) is 4.08. The Kier molecular flexibility index (Phi) is 2.69. The topological polar surface area (TPSA) is 68.8 Å². The third-order valence-electron chi connectivity index (χ3n) is 3.13. The Bertz CT molecular complexity index is 679. The Labute approximate surface area is 110 Å². The Morgan fingerprint density at radius 3 is 3.05 bits per heavy atom. The summed E-state index contributed by atoms with van der Waals surface area (Å²) < 4.78 is 0. The number of hydrogen-bond donors (Lipinski definition) is 0. The van der Waals surface area contributed by atoms with Crippen LogP contribution < -0.4 is 0 Å². The predicted molar refractivity (Wildman–Crippen MR) is 70.8 cm³/mol. The molecule has 0 spiro atoms. The van der Waals surface area contributed by atoms with Gasteiger partial charge in [0.05, 0.1) is 29.1 Å². The minimum absolute atomic E-state index is 0.163. The van der Waals surface area contributed by atoms with E-state index in [1.165, 1.54) is 0 Å². The summed E-state index contributed by atoms with van der Waals surface area (Å²) in [7, 11) is 0. The second kappa shape index (κ2) is 4.50. The van der Waals surface area contributed by atoms with Gasteiger partial charge in [0.1, 0.15) is 0 Å². The molecule has 2 heterocycles. The summed E-state index contributed by atoms with van der Waals surface area (Å²) in [6.45, 7) is 0.560. The minimum atomic E-state index is -0.163. The zero-order chi connectivity index (χ0) is 13.2. The molecule has 0 N–H and O–H groups in total. The SMILES string of the molecule is N#Cc1ccccc1C(=O)N1C=C2C=NN=C2CC1. The molecule has 5 heteroatoms. The van der Waals surface area contributed by atoms with Crippen LogP contribution in [0, 0.1) is 11.3 Å². The van der Waals surface area contributed by atoms with Gasteiger partial charge in [0.15, 0.2) is 0 Å². The molecule has 2 aliphatic rings. The molecule has 0 atom stereocenters. The molecular formula is C14H10N4O. The average molecular weight is 250 g/mol. The van der Waals surface area contributed by atoms with E-state index in [2.05, 4.69) is 10.2 Å². The van der Waals surface area contributed by atoms with Crippen molar-refractivity contribution in [1.82, 2.24) is 4.90 Å². The maximum atomic E-state index is 12.4. The maximum absolute atomic E-state index is 12.4. The molecule has 5 nitrogen and oxygen atoms in total. The zero-order valence-electron chi connectivity index (χ0n) is 10.1. The Morgan fingerprint density at radius 2 is 2.21 bits per heavy atom. The van der Waals surface area contributed by atoms with Crippen LogP contribution in [0.2, 0.25) is 0 Å². The molecule has 1 amide bonds. The molecular weight excluding hydrogens is 240 g/mol. The minimum Gasteiger partial charge on any atom is -0.314 e. The smallest absolute Gasteiger partial charge is 0.259 e. The Hall–Kier alpha value is -2.74. The molecule has 0 bridgehead atoms. The van der Waals surface area contributed by atoms with Gasteiger partial charge in [0.2, 0.25) is 0 Å². The van der Waals surface area contributed by atoms with Gasteiger partial charge in [-0.1, -0.05) is 12.1 Å². The van der Waals surface area contributed by atoms with Crippen molar-refractivity contribution in [2.45, 2.75) is 6.42 Å². The monoisotopic (exact) mass is 250 g/mol. The fraction of sp³-hybridized carbons (Fsp3) is 0.143. The Balaban J connectivity index is 1.94. The molecule has 0 saturated carbocycles. The number of nitrogens with zero attached hydrogens (tertiary/aromatic N) is 4. The van der Waals surface area contributed by atoms with Crippen molar-refractivity contribution in [2.24, 2.45) is 10.2 Å². The first kappa shape index (κ1) is 11.4. The molecule has 0 aliphatic carbocycles. The summed E-state index contributed by atoms with van der Waals surface area (Å²) in [6, 6.07) is 8.87. The van der Waals surface area contributed by atoms with Gasteiger partial charge in [-0.05, 0) is 12.1 Å². The van der Waals surface area contributed by atoms with Crippen LogP contribution in [0.3, 0.4) is 0 Å². The number of hydrogen-bond acceptors (Lipinski definition) is 4. The number of rotatable bonds is 1. The number of amides is 1. The number of carbonyl (C=O) groups is 1. The van der Waals surface area contributed by atoms with Crippen LogP contribution in [0.4, 0.5) is 0 Å². The summed E-state index contributed by atoms with van der Waals surface area (Å²) in [5.41, 5.74) is 2.61. The summed E-state index contributed by atoms with van der Waals surface area (Å²) in [5, 5.41) is 16.9. The zero-order valence-corrected chi connectivity index (χ0v) is 10.1. The van der Waals surface area contributed by atoms with Gasteiger partial charge < -0.3 is 4.90 Å². The van der Waals surface area contributed by atoms with E-state index in [4.69, 9.17) is 5.26 Å². The van der Waals surface area contributed by atoms with Crippen molar-refractivity contribution in [3.8, 4) is 6.07 Å². The Morgan fingerprint density at radius 1 is 1.37 bits per heavy atom. The number of benzene rings is 1. The van der Waals surface area contributed by atoms with E-state index >= 15 is 0 Å². The van der Waals surface area contributed by atoms with Crippen molar-refractivity contribution in [3.63, 3.8) is 0 Å². The molecule has 2 aliphatic heterocycles. The quantitative estimate of drug-likeness (QED) is 0.761. The van der Waals surface area contributed by atoms with E-state index < -0.39 is 0 Å². The van der Waals surface area contributed by atoms with Crippen molar-refractivity contribution in [3.05, 3.63) is 47.2 Å². The van der Waals surface area contributed by atoms with E-state index in [1.807, 2.05) is 6.07 Å². The molecule has 0 saturated heterocycles. The fourth-order valence-electron chi connectivity index (χ4n) is 2.14. The van der Waals surface area contributed by atoms with Crippen LogP contribution >= 0.6 is 0 Å². The van der Waals surface area contributed by atoms with Gasteiger partial charge in [-0.3, -0.25) is 4.79 Å². The van der Waals surface area contributed by atoms with Gasteiger partial charge in [0, 0.05) is 24.7 Å². The van der Waals surface area contributed by atoms with Crippen LogP contribution in [-0.4, -0.2) is 29.3 Å². The molecule has 0 aromatic heterocycles. The maximum Gasteiger partial charge on any atom is 0.259 e. The highest BCUT2D eigenvalue weighted by Crippen LogP contribution is 2.19. The van der Waals surface area contributed by atoms with Gasteiger partial charge in [-0.2, -0.15) is 15.5 Å². The highest BCUT2D eigenvalue weighted by Gasteiger charge is 2.24. The highest BCUT2D eigenvalue weighted by molar-refractivity contribution is 6.19. The number of carbonyl (C=O) groups excluding carboxylic acids is 1. The van der Waals surface area contributed by atoms with Crippen molar-refractivity contribution < 1.29 is 4.79 Å². The number of allylic oxidation sites excluding steroid dienone is 1. The van der Waals surface area contributed by atoms with Gasteiger partial charge >= 0.3 is 0 Å². The van der Waals surface area contributed by atoms with E-state index in [0.29, 0.717) is 24.1 Å². The molecule has 19 heavy (non-hydrogen) atoms.